The molecule has 0 aliphatic rings. The summed E-state index contributed by atoms with van der Waals surface area (Å²) in [4.78, 5) is 15.5. The Hall–Kier alpha value is -1.07. The Morgan fingerprint density at radius 3 is 2.89 bits per heavy atom. The predicted molar refractivity (Wildman–Crippen MR) is 74.9 cm³/mol. The van der Waals surface area contributed by atoms with Crippen molar-refractivity contribution in [1.82, 2.24) is 10.3 Å². The van der Waals surface area contributed by atoms with E-state index < -0.39 is 0 Å². The number of esters is 1. The van der Waals surface area contributed by atoms with E-state index in [0.717, 1.165) is 17.2 Å². The molecule has 1 aromatic heterocycles. The molecule has 0 aromatic carbocycles. The van der Waals surface area contributed by atoms with Gasteiger partial charge in [0.25, 0.3) is 0 Å². The Morgan fingerprint density at radius 1 is 1.56 bits per heavy atom. The van der Waals surface area contributed by atoms with Gasteiger partial charge in [-0.25, -0.2) is 4.79 Å². The molecule has 0 radical (unpaired) electrons. The van der Waals surface area contributed by atoms with Crippen molar-refractivity contribution in [2.24, 2.45) is 0 Å². The van der Waals surface area contributed by atoms with E-state index in [2.05, 4.69) is 28.9 Å². The summed E-state index contributed by atoms with van der Waals surface area (Å²) in [5.74, 6) is 1.88. The number of pyridine rings is 1. The third-order valence-electron chi connectivity index (χ3n) is 2.45. The van der Waals surface area contributed by atoms with Crippen molar-refractivity contribution in [1.29, 1.82) is 0 Å². The third-order valence-corrected chi connectivity index (χ3v) is 3.59. The summed E-state index contributed by atoms with van der Waals surface area (Å²) in [5.41, 5.74) is 1.41. The largest absolute Gasteiger partial charge is 0.465 e. The molecular formula is C13H20N2O2S. The summed E-state index contributed by atoms with van der Waals surface area (Å²) in [6, 6.07) is 4.04. The molecule has 1 N–H and O–H groups in total. The van der Waals surface area contributed by atoms with E-state index in [1.807, 2.05) is 17.8 Å². The van der Waals surface area contributed by atoms with E-state index >= 15 is 0 Å². The zero-order valence-electron chi connectivity index (χ0n) is 11.1. The van der Waals surface area contributed by atoms with Crippen LogP contribution in [0.1, 0.15) is 29.9 Å². The summed E-state index contributed by atoms with van der Waals surface area (Å²) in [7, 11) is 1.37. The number of ether oxygens (including phenoxy) is 1. The number of thioether (sulfide) groups is 1. The molecule has 0 aliphatic heterocycles. The first-order chi connectivity index (χ1) is 8.67. The first-order valence-electron chi connectivity index (χ1n) is 6.01. The molecule has 1 heterocycles. The van der Waals surface area contributed by atoms with Crippen LogP contribution in [0.4, 0.5) is 0 Å². The van der Waals surface area contributed by atoms with Crippen LogP contribution in [-0.2, 0) is 11.3 Å². The quantitative estimate of drug-likeness (QED) is 0.767. The van der Waals surface area contributed by atoms with Crippen molar-refractivity contribution in [2.75, 3.05) is 18.6 Å². The molecule has 1 atom stereocenters. The minimum atomic E-state index is -0.352. The van der Waals surface area contributed by atoms with E-state index in [-0.39, 0.29) is 5.97 Å². The zero-order valence-corrected chi connectivity index (χ0v) is 11.9. The molecule has 0 bridgehead atoms. The lowest BCUT2D eigenvalue weighted by atomic mass is 10.2. The second-order valence-electron chi connectivity index (χ2n) is 3.97. The maximum Gasteiger partial charge on any atom is 0.339 e. The van der Waals surface area contributed by atoms with Gasteiger partial charge in [-0.1, -0.05) is 6.92 Å². The average molecular weight is 268 g/mol. The minimum absolute atomic E-state index is 0.352. The van der Waals surface area contributed by atoms with Crippen LogP contribution in [0.25, 0.3) is 0 Å². The fourth-order valence-corrected chi connectivity index (χ4v) is 2.11. The lowest BCUT2D eigenvalue weighted by Gasteiger charge is -2.12. The van der Waals surface area contributed by atoms with Crippen molar-refractivity contribution in [3.8, 4) is 0 Å². The van der Waals surface area contributed by atoms with Gasteiger partial charge in [0.1, 0.15) is 0 Å². The topological polar surface area (TPSA) is 51.2 Å². The maximum absolute atomic E-state index is 11.2. The molecule has 0 aliphatic carbocycles. The molecule has 1 aromatic rings. The van der Waals surface area contributed by atoms with Crippen LogP contribution in [0.3, 0.4) is 0 Å². The molecule has 1 rings (SSSR count). The van der Waals surface area contributed by atoms with Crippen LogP contribution < -0.4 is 5.32 Å². The Bertz CT molecular complexity index is 368. The zero-order chi connectivity index (χ0) is 13.4. The molecule has 4 nitrogen and oxygen atoms in total. The molecule has 100 valence electrons. The van der Waals surface area contributed by atoms with Gasteiger partial charge in [-0.15, -0.1) is 0 Å². The van der Waals surface area contributed by atoms with Crippen LogP contribution in [0.5, 0.6) is 0 Å². The van der Waals surface area contributed by atoms with E-state index in [4.69, 9.17) is 0 Å². The number of hydrogen-bond donors (Lipinski definition) is 1. The van der Waals surface area contributed by atoms with Gasteiger partial charge in [0.05, 0.1) is 18.4 Å². The molecule has 0 spiro atoms. The van der Waals surface area contributed by atoms with Crippen LogP contribution in [0, 0.1) is 0 Å². The molecule has 5 heteroatoms. The normalized spacial score (nSPS) is 12.2. The SMILES string of the molecule is CCSCC(C)NCc1ccc(C(=O)OC)cn1. The van der Waals surface area contributed by atoms with Crippen molar-refractivity contribution >= 4 is 17.7 Å². The number of hydrogen-bond acceptors (Lipinski definition) is 5. The van der Waals surface area contributed by atoms with E-state index in [1.54, 1.807) is 12.3 Å². The van der Waals surface area contributed by atoms with E-state index in [1.165, 1.54) is 7.11 Å². The van der Waals surface area contributed by atoms with Gasteiger partial charge in [-0.3, -0.25) is 4.98 Å². The highest BCUT2D eigenvalue weighted by Gasteiger charge is 2.06. The third kappa shape index (κ3) is 5.06. The summed E-state index contributed by atoms with van der Waals surface area (Å²) in [6.45, 7) is 5.03. The van der Waals surface area contributed by atoms with Gasteiger partial charge in [0.2, 0.25) is 0 Å². The average Bonchev–Trinajstić information content (AvgIpc) is 2.42. The van der Waals surface area contributed by atoms with Crippen LogP contribution in [0.15, 0.2) is 18.3 Å². The van der Waals surface area contributed by atoms with Crippen molar-refractivity contribution < 1.29 is 9.53 Å². The Kier molecular flexibility index (Phi) is 6.75. The van der Waals surface area contributed by atoms with Gasteiger partial charge in [0, 0.05) is 24.5 Å². The fourth-order valence-electron chi connectivity index (χ4n) is 1.40. The second kappa shape index (κ2) is 8.11. The van der Waals surface area contributed by atoms with Gasteiger partial charge >= 0.3 is 5.97 Å². The molecule has 0 saturated heterocycles. The van der Waals surface area contributed by atoms with Crippen LogP contribution >= 0.6 is 11.8 Å². The summed E-state index contributed by atoms with van der Waals surface area (Å²) >= 11 is 1.92. The molecular weight excluding hydrogens is 248 g/mol. The first-order valence-corrected chi connectivity index (χ1v) is 7.17. The minimum Gasteiger partial charge on any atom is -0.465 e. The Labute approximate surface area is 113 Å². The molecule has 0 amide bonds. The highest BCUT2D eigenvalue weighted by atomic mass is 32.2. The number of nitrogens with zero attached hydrogens (tertiary/aromatic N) is 1. The predicted octanol–water partition coefficient (Wildman–Crippen LogP) is 2.10. The first kappa shape index (κ1) is 15.0. The van der Waals surface area contributed by atoms with Gasteiger partial charge in [0.15, 0.2) is 0 Å². The molecule has 0 fully saturated rings. The lowest BCUT2D eigenvalue weighted by Crippen LogP contribution is -2.28. The number of rotatable bonds is 7. The standard InChI is InChI=1S/C13H20N2O2S/c1-4-18-9-10(2)14-8-12-6-5-11(7-15-12)13(16)17-3/h5-7,10,14H,4,8-9H2,1-3H3. The number of aromatic nitrogens is 1. The second-order valence-corrected chi connectivity index (χ2v) is 5.29. The molecule has 18 heavy (non-hydrogen) atoms. The van der Waals surface area contributed by atoms with E-state index in [0.29, 0.717) is 18.2 Å². The van der Waals surface area contributed by atoms with Gasteiger partial charge in [-0.2, -0.15) is 11.8 Å². The van der Waals surface area contributed by atoms with Gasteiger partial charge in [-0.05, 0) is 24.8 Å². The number of carbonyl (C=O) groups excluding carboxylic acids is 1. The maximum atomic E-state index is 11.2. The molecule has 0 saturated carbocycles. The van der Waals surface area contributed by atoms with Crippen LogP contribution in [0.2, 0.25) is 0 Å². The van der Waals surface area contributed by atoms with Gasteiger partial charge < -0.3 is 10.1 Å². The van der Waals surface area contributed by atoms with E-state index in [9.17, 15) is 4.79 Å². The van der Waals surface area contributed by atoms with Crippen molar-refractivity contribution in [3.63, 3.8) is 0 Å². The summed E-state index contributed by atoms with van der Waals surface area (Å²) in [5, 5.41) is 3.40. The van der Waals surface area contributed by atoms with Crippen molar-refractivity contribution in [2.45, 2.75) is 26.4 Å². The Balaban J connectivity index is 2.41. The smallest absolute Gasteiger partial charge is 0.339 e. The molecule has 1 unspecified atom stereocenters. The summed E-state index contributed by atoms with van der Waals surface area (Å²) < 4.78 is 4.62. The monoisotopic (exact) mass is 268 g/mol. The highest BCUT2D eigenvalue weighted by molar-refractivity contribution is 7.99. The summed E-state index contributed by atoms with van der Waals surface area (Å²) in [6.07, 6.45) is 1.55. The number of methoxy groups -OCH3 is 1. The number of carbonyl (C=O) groups is 1. The Morgan fingerprint density at radius 2 is 2.33 bits per heavy atom. The number of nitrogens with one attached hydrogen (secondary N) is 1. The van der Waals surface area contributed by atoms with Crippen LogP contribution in [-0.4, -0.2) is 35.6 Å². The highest BCUT2D eigenvalue weighted by Crippen LogP contribution is 2.04. The van der Waals surface area contributed by atoms with Crippen molar-refractivity contribution in [3.05, 3.63) is 29.6 Å². The lowest BCUT2D eigenvalue weighted by molar-refractivity contribution is 0.0600. The fraction of sp³-hybridized carbons (Fsp3) is 0.538.